The maximum absolute atomic E-state index is 11.8. The lowest BCUT2D eigenvalue weighted by atomic mass is 10.0. The first-order valence-electron chi connectivity index (χ1n) is 7.47. The van der Waals surface area contributed by atoms with Crippen LogP contribution in [-0.4, -0.2) is 32.6 Å². The predicted molar refractivity (Wildman–Crippen MR) is 83.1 cm³/mol. The fraction of sp³-hybridized carbons (Fsp3) is 0.562. The summed E-state index contributed by atoms with van der Waals surface area (Å²) in [4.78, 5) is 14.0. The highest BCUT2D eigenvalue weighted by molar-refractivity contribution is 5.82. The van der Waals surface area contributed by atoms with Gasteiger partial charge in [-0.3, -0.25) is 4.79 Å². The zero-order valence-corrected chi connectivity index (χ0v) is 12.7. The maximum atomic E-state index is 11.8. The number of hydrogen-bond donors (Lipinski definition) is 2. The van der Waals surface area contributed by atoms with Crippen LogP contribution in [-0.2, 0) is 11.2 Å². The third-order valence-corrected chi connectivity index (χ3v) is 3.93. The van der Waals surface area contributed by atoms with Gasteiger partial charge in [0.15, 0.2) is 0 Å². The molecule has 110 valence electrons. The van der Waals surface area contributed by atoms with Gasteiger partial charge in [0.05, 0.1) is 6.54 Å². The van der Waals surface area contributed by atoms with Crippen molar-refractivity contribution in [1.29, 1.82) is 0 Å². The molecule has 0 aliphatic carbocycles. The van der Waals surface area contributed by atoms with Gasteiger partial charge < -0.3 is 15.5 Å². The molecular formula is C16H25N3O. The van der Waals surface area contributed by atoms with Gasteiger partial charge in [-0.2, -0.15) is 0 Å². The zero-order valence-electron chi connectivity index (χ0n) is 12.7. The molecule has 1 aromatic carbocycles. The Morgan fingerprint density at radius 3 is 2.95 bits per heavy atom. The Kier molecular flexibility index (Phi) is 5.01. The largest absolute Gasteiger partial charge is 0.362 e. The lowest BCUT2D eigenvalue weighted by molar-refractivity contribution is -0.119. The van der Waals surface area contributed by atoms with Gasteiger partial charge in [-0.1, -0.05) is 19.1 Å². The van der Waals surface area contributed by atoms with Crippen LogP contribution in [0.25, 0.3) is 0 Å². The summed E-state index contributed by atoms with van der Waals surface area (Å²) in [6.45, 7) is 6.39. The number of rotatable bonds is 6. The van der Waals surface area contributed by atoms with Crippen molar-refractivity contribution in [3.05, 3.63) is 29.3 Å². The number of amides is 1. The molecule has 0 fully saturated rings. The average molecular weight is 275 g/mol. The first kappa shape index (κ1) is 14.9. The molecule has 20 heavy (non-hydrogen) atoms. The minimum atomic E-state index is 0.118. The molecule has 2 N–H and O–H groups in total. The molecule has 1 heterocycles. The van der Waals surface area contributed by atoms with Crippen LogP contribution >= 0.6 is 0 Å². The Morgan fingerprint density at radius 2 is 2.25 bits per heavy atom. The van der Waals surface area contributed by atoms with Crippen LogP contribution in [0.5, 0.6) is 0 Å². The highest BCUT2D eigenvalue weighted by Crippen LogP contribution is 2.30. The van der Waals surface area contributed by atoms with E-state index in [0.717, 1.165) is 25.9 Å². The Bertz CT molecular complexity index is 473. The normalized spacial score (nSPS) is 15.1. The summed E-state index contributed by atoms with van der Waals surface area (Å²) in [6, 6.07) is 6.93. The first-order chi connectivity index (χ1) is 9.65. The molecule has 4 heteroatoms. The van der Waals surface area contributed by atoms with Crippen LogP contribution in [0.2, 0.25) is 0 Å². The molecule has 0 spiro atoms. The number of hydrogen-bond acceptors (Lipinski definition) is 3. The van der Waals surface area contributed by atoms with Gasteiger partial charge in [-0.15, -0.1) is 0 Å². The Labute approximate surface area is 121 Å². The fourth-order valence-corrected chi connectivity index (χ4v) is 2.58. The molecule has 1 aromatic rings. The molecule has 4 nitrogen and oxygen atoms in total. The molecule has 1 aliphatic heterocycles. The van der Waals surface area contributed by atoms with E-state index in [9.17, 15) is 4.79 Å². The van der Waals surface area contributed by atoms with Crippen molar-refractivity contribution in [3.63, 3.8) is 0 Å². The molecule has 1 unspecified atom stereocenters. The molecule has 0 saturated carbocycles. The molecule has 1 atom stereocenters. The monoisotopic (exact) mass is 275 g/mol. The average Bonchev–Trinajstić information content (AvgIpc) is 2.86. The third-order valence-electron chi connectivity index (χ3n) is 3.93. The van der Waals surface area contributed by atoms with Gasteiger partial charge in [0.1, 0.15) is 0 Å². The highest BCUT2D eigenvalue weighted by Gasteiger charge is 2.21. The van der Waals surface area contributed by atoms with Gasteiger partial charge >= 0.3 is 0 Å². The van der Waals surface area contributed by atoms with E-state index in [-0.39, 0.29) is 5.91 Å². The molecule has 2 rings (SSSR count). The van der Waals surface area contributed by atoms with Crippen LogP contribution in [0.15, 0.2) is 18.2 Å². The summed E-state index contributed by atoms with van der Waals surface area (Å²) in [5.41, 5.74) is 3.88. The summed E-state index contributed by atoms with van der Waals surface area (Å²) in [5.74, 6) is 0.118. The zero-order chi connectivity index (χ0) is 14.5. The molecule has 0 saturated heterocycles. The number of anilines is 1. The quantitative estimate of drug-likeness (QED) is 0.833. The van der Waals surface area contributed by atoms with Gasteiger partial charge in [-0.25, -0.2) is 0 Å². The van der Waals surface area contributed by atoms with E-state index in [1.165, 1.54) is 16.8 Å². The fourth-order valence-electron chi connectivity index (χ4n) is 2.58. The van der Waals surface area contributed by atoms with Crippen molar-refractivity contribution in [3.8, 4) is 0 Å². The molecule has 0 aromatic heterocycles. The summed E-state index contributed by atoms with van der Waals surface area (Å²) >= 11 is 0. The second-order valence-corrected chi connectivity index (χ2v) is 5.42. The van der Waals surface area contributed by atoms with E-state index in [1.807, 2.05) is 7.05 Å². The lowest BCUT2D eigenvalue weighted by Gasteiger charge is -2.19. The third kappa shape index (κ3) is 3.31. The van der Waals surface area contributed by atoms with E-state index in [0.29, 0.717) is 12.6 Å². The van der Waals surface area contributed by atoms with Crippen LogP contribution in [0.1, 0.15) is 37.4 Å². The lowest BCUT2D eigenvalue weighted by Crippen LogP contribution is -2.36. The molecule has 0 bridgehead atoms. The summed E-state index contributed by atoms with van der Waals surface area (Å²) in [6.07, 6.45) is 2.01. The molecular weight excluding hydrogens is 250 g/mol. The number of benzene rings is 1. The van der Waals surface area contributed by atoms with Gasteiger partial charge in [-0.05, 0) is 44.0 Å². The van der Waals surface area contributed by atoms with Crippen molar-refractivity contribution in [2.24, 2.45) is 0 Å². The number of fused-ring (bicyclic) bond motifs is 1. The Morgan fingerprint density at radius 1 is 1.45 bits per heavy atom. The summed E-state index contributed by atoms with van der Waals surface area (Å²) < 4.78 is 0. The van der Waals surface area contributed by atoms with Gasteiger partial charge in [0.25, 0.3) is 0 Å². The van der Waals surface area contributed by atoms with Crippen LogP contribution in [0.3, 0.4) is 0 Å². The van der Waals surface area contributed by atoms with Crippen LogP contribution in [0.4, 0.5) is 5.69 Å². The van der Waals surface area contributed by atoms with Crippen molar-refractivity contribution in [2.75, 3.05) is 31.6 Å². The van der Waals surface area contributed by atoms with E-state index in [2.05, 4.69) is 47.6 Å². The van der Waals surface area contributed by atoms with Crippen molar-refractivity contribution in [2.45, 2.75) is 32.7 Å². The number of nitrogens with zero attached hydrogens (tertiary/aromatic N) is 1. The van der Waals surface area contributed by atoms with Gasteiger partial charge in [0, 0.05) is 24.8 Å². The topological polar surface area (TPSA) is 44.4 Å². The minimum Gasteiger partial charge on any atom is -0.362 e. The predicted octanol–water partition coefficient (Wildman–Crippen LogP) is 1.86. The van der Waals surface area contributed by atoms with Crippen molar-refractivity contribution < 1.29 is 4.79 Å². The number of nitrogens with one attached hydrogen (secondary N) is 2. The minimum absolute atomic E-state index is 0.118. The first-order valence-corrected chi connectivity index (χ1v) is 7.47. The Hall–Kier alpha value is -1.55. The SMILES string of the molecule is CCCNC(=O)CN1CCc2cc(C(C)NC)ccc21. The van der Waals surface area contributed by atoms with Crippen LogP contribution in [0, 0.1) is 0 Å². The molecule has 1 amide bonds. The van der Waals surface area contributed by atoms with E-state index < -0.39 is 0 Å². The van der Waals surface area contributed by atoms with Crippen molar-refractivity contribution >= 4 is 11.6 Å². The van der Waals surface area contributed by atoms with Crippen molar-refractivity contribution in [1.82, 2.24) is 10.6 Å². The Balaban J connectivity index is 2.04. The standard InChI is InChI=1S/C16H25N3O/c1-4-8-18-16(20)11-19-9-7-14-10-13(12(2)17-3)5-6-15(14)19/h5-6,10,12,17H,4,7-9,11H2,1-3H3,(H,18,20). The van der Waals surface area contributed by atoms with E-state index in [4.69, 9.17) is 0 Å². The second-order valence-electron chi connectivity index (χ2n) is 5.42. The highest BCUT2D eigenvalue weighted by atomic mass is 16.2. The molecule has 0 radical (unpaired) electrons. The summed E-state index contributed by atoms with van der Waals surface area (Å²) in [7, 11) is 1.97. The number of carbonyl (C=O) groups excluding carboxylic acids is 1. The van der Waals surface area contributed by atoms with Gasteiger partial charge in [0.2, 0.25) is 5.91 Å². The van der Waals surface area contributed by atoms with E-state index in [1.54, 1.807) is 0 Å². The smallest absolute Gasteiger partial charge is 0.239 e. The van der Waals surface area contributed by atoms with E-state index >= 15 is 0 Å². The number of carbonyl (C=O) groups is 1. The molecule has 1 aliphatic rings. The maximum Gasteiger partial charge on any atom is 0.239 e. The van der Waals surface area contributed by atoms with Crippen LogP contribution < -0.4 is 15.5 Å². The second kappa shape index (κ2) is 6.75. The summed E-state index contributed by atoms with van der Waals surface area (Å²) in [5, 5.41) is 6.20.